The molecule has 0 saturated heterocycles. The zero-order valence-electron chi connectivity index (χ0n) is 10.1. The summed E-state index contributed by atoms with van der Waals surface area (Å²) in [5.74, 6) is -2.34. The van der Waals surface area contributed by atoms with E-state index in [9.17, 15) is 17.6 Å². The lowest BCUT2D eigenvalue weighted by molar-refractivity contribution is 0.0697. The molecular formula is C10H8FN4O5S. The van der Waals surface area contributed by atoms with E-state index in [1.165, 1.54) is 0 Å². The Bertz CT molecular complexity index is 746. The Labute approximate surface area is 118 Å². The lowest BCUT2D eigenvalue weighted by Gasteiger charge is -2.22. The number of hydrazine groups is 2. The van der Waals surface area contributed by atoms with Crippen LogP contribution in [0.3, 0.4) is 0 Å². The second-order valence-corrected chi connectivity index (χ2v) is 5.16. The van der Waals surface area contributed by atoms with Gasteiger partial charge in [-0.1, -0.05) is 0 Å². The standard InChI is InChI=1S/C10H8FN4O5S/c11-9-3-4-12-15(14-9)13-8-2-1-6(21(18,19)20)5-7(8)10(16)17/h1-3,5,12-13H,(H,16,17)(H,18,19,20). The van der Waals surface area contributed by atoms with E-state index < -0.39 is 32.5 Å². The molecule has 0 aliphatic carbocycles. The van der Waals surface area contributed by atoms with Crippen molar-refractivity contribution in [1.29, 1.82) is 0 Å². The van der Waals surface area contributed by atoms with E-state index in [1.54, 1.807) is 0 Å². The van der Waals surface area contributed by atoms with Crippen molar-refractivity contribution in [2.45, 2.75) is 4.90 Å². The van der Waals surface area contributed by atoms with Gasteiger partial charge in [-0.05, 0) is 18.2 Å². The van der Waals surface area contributed by atoms with Crippen LogP contribution in [-0.4, -0.2) is 35.2 Å². The highest BCUT2D eigenvalue weighted by Gasteiger charge is 2.18. The molecule has 0 unspecified atom stereocenters. The number of hydrogen-bond acceptors (Lipinski definition) is 7. The number of carboxylic acid groups (broad SMARTS) is 1. The fourth-order valence-corrected chi connectivity index (χ4v) is 1.93. The van der Waals surface area contributed by atoms with Gasteiger partial charge in [0.15, 0.2) is 0 Å². The molecule has 1 radical (unpaired) electrons. The van der Waals surface area contributed by atoms with E-state index in [4.69, 9.17) is 9.66 Å². The highest BCUT2D eigenvalue weighted by molar-refractivity contribution is 7.85. The molecule has 1 aromatic rings. The SMILES string of the molecule is O=C(O)c1cc(S(=O)(=O)O)ccc1NN1N=C(F)C=[C]N1. The average Bonchev–Trinajstić information content (AvgIpc) is 2.37. The zero-order valence-corrected chi connectivity index (χ0v) is 10.9. The fraction of sp³-hybridized carbons (Fsp3) is 0. The number of aromatic carboxylic acids is 1. The predicted molar refractivity (Wildman–Crippen MR) is 68.2 cm³/mol. The third-order valence-corrected chi connectivity index (χ3v) is 3.15. The molecule has 0 amide bonds. The first-order valence-electron chi connectivity index (χ1n) is 5.27. The number of anilines is 1. The predicted octanol–water partition coefficient (Wildman–Crippen LogP) is 0.378. The molecule has 0 saturated carbocycles. The summed E-state index contributed by atoms with van der Waals surface area (Å²) in [5, 5.41) is 13.1. The molecule has 1 aliphatic rings. The number of nitrogens with zero attached hydrogens (tertiary/aromatic N) is 2. The van der Waals surface area contributed by atoms with Crippen LogP contribution in [0.4, 0.5) is 10.1 Å². The molecule has 9 nitrogen and oxygen atoms in total. The molecule has 1 aromatic carbocycles. The van der Waals surface area contributed by atoms with Crippen LogP contribution in [0.25, 0.3) is 0 Å². The van der Waals surface area contributed by atoms with Crippen molar-refractivity contribution in [3.05, 3.63) is 36.0 Å². The maximum Gasteiger partial charge on any atom is 0.337 e. The minimum atomic E-state index is -4.54. The first-order valence-corrected chi connectivity index (χ1v) is 6.71. The highest BCUT2D eigenvalue weighted by atomic mass is 32.2. The van der Waals surface area contributed by atoms with Crippen molar-refractivity contribution in [2.24, 2.45) is 5.10 Å². The summed E-state index contributed by atoms with van der Waals surface area (Å²) < 4.78 is 43.8. The molecule has 2 rings (SSSR count). The van der Waals surface area contributed by atoms with Crippen molar-refractivity contribution >= 4 is 27.7 Å². The number of hydrazone groups is 1. The van der Waals surface area contributed by atoms with Crippen LogP contribution >= 0.6 is 0 Å². The quantitative estimate of drug-likeness (QED) is 0.586. The van der Waals surface area contributed by atoms with Crippen molar-refractivity contribution in [1.82, 2.24) is 10.7 Å². The molecule has 21 heavy (non-hydrogen) atoms. The van der Waals surface area contributed by atoms with E-state index in [-0.39, 0.29) is 5.69 Å². The number of halogens is 1. The lowest BCUT2D eigenvalue weighted by Crippen LogP contribution is -2.38. The van der Waals surface area contributed by atoms with Gasteiger partial charge in [0.05, 0.1) is 22.3 Å². The van der Waals surface area contributed by atoms with E-state index >= 15 is 0 Å². The van der Waals surface area contributed by atoms with Crippen LogP contribution < -0.4 is 10.9 Å². The molecule has 0 aromatic heterocycles. The van der Waals surface area contributed by atoms with Crippen molar-refractivity contribution in [3.63, 3.8) is 0 Å². The number of carboxylic acids is 1. The number of hydrogen-bond donors (Lipinski definition) is 4. The monoisotopic (exact) mass is 315 g/mol. The Morgan fingerprint density at radius 1 is 1.48 bits per heavy atom. The first kappa shape index (κ1) is 14.7. The summed E-state index contributed by atoms with van der Waals surface area (Å²) in [6.45, 7) is 0. The average molecular weight is 315 g/mol. The summed E-state index contributed by atoms with van der Waals surface area (Å²) in [7, 11) is -4.54. The third-order valence-electron chi connectivity index (χ3n) is 2.30. The lowest BCUT2D eigenvalue weighted by atomic mass is 10.2. The minimum absolute atomic E-state index is 0.0809. The summed E-state index contributed by atoms with van der Waals surface area (Å²) in [4.78, 5) is 10.5. The second-order valence-electron chi connectivity index (χ2n) is 3.73. The van der Waals surface area contributed by atoms with Gasteiger partial charge in [-0.15, -0.1) is 10.3 Å². The topological polar surface area (TPSA) is 131 Å². The molecule has 1 aliphatic heterocycles. The smallest absolute Gasteiger partial charge is 0.337 e. The molecule has 0 atom stereocenters. The molecule has 4 N–H and O–H groups in total. The zero-order chi connectivity index (χ0) is 15.6. The van der Waals surface area contributed by atoms with Crippen LogP contribution in [-0.2, 0) is 10.1 Å². The summed E-state index contributed by atoms with van der Waals surface area (Å²) in [6, 6.07) is 2.82. The van der Waals surface area contributed by atoms with Gasteiger partial charge >= 0.3 is 5.97 Å². The Balaban J connectivity index is 2.36. The molecule has 111 valence electrons. The van der Waals surface area contributed by atoms with Gasteiger partial charge in [0.2, 0.25) is 5.97 Å². The number of benzene rings is 1. The van der Waals surface area contributed by atoms with Crippen molar-refractivity contribution in [2.75, 3.05) is 5.43 Å². The molecule has 0 bridgehead atoms. The van der Waals surface area contributed by atoms with Crippen molar-refractivity contribution in [3.8, 4) is 0 Å². The number of rotatable bonds is 4. The molecule has 0 spiro atoms. The first-order chi connectivity index (χ1) is 9.77. The molecular weight excluding hydrogens is 307 g/mol. The number of carbonyl (C=O) groups is 1. The minimum Gasteiger partial charge on any atom is -0.478 e. The normalized spacial score (nSPS) is 14.4. The van der Waals surface area contributed by atoms with E-state index in [0.717, 1.165) is 29.5 Å². The van der Waals surface area contributed by atoms with Crippen LogP contribution in [0, 0.1) is 6.20 Å². The van der Waals surface area contributed by atoms with E-state index in [2.05, 4.69) is 22.2 Å². The van der Waals surface area contributed by atoms with Gasteiger partial charge in [-0.25, -0.2) is 4.79 Å². The Hall–Kier alpha value is -2.66. The van der Waals surface area contributed by atoms with E-state index in [1.807, 2.05) is 0 Å². The van der Waals surface area contributed by atoms with Gasteiger partial charge in [0.1, 0.15) is 0 Å². The van der Waals surface area contributed by atoms with Crippen molar-refractivity contribution < 1.29 is 27.3 Å². The summed E-state index contributed by atoms with van der Waals surface area (Å²) >= 11 is 0. The fourth-order valence-electron chi connectivity index (χ4n) is 1.43. The molecule has 0 fully saturated rings. The van der Waals surface area contributed by atoms with Crippen LogP contribution in [0.5, 0.6) is 0 Å². The Morgan fingerprint density at radius 3 is 2.76 bits per heavy atom. The van der Waals surface area contributed by atoms with Gasteiger partial charge < -0.3 is 5.11 Å². The highest BCUT2D eigenvalue weighted by Crippen LogP contribution is 2.21. The van der Waals surface area contributed by atoms with Gasteiger partial charge in [0.25, 0.3) is 10.1 Å². The Kier molecular flexibility index (Phi) is 3.78. The Morgan fingerprint density at radius 2 is 2.19 bits per heavy atom. The molecule has 11 heteroatoms. The van der Waals surface area contributed by atoms with Crippen LogP contribution in [0.1, 0.15) is 10.4 Å². The van der Waals surface area contributed by atoms with Gasteiger partial charge in [-0.2, -0.15) is 12.8 Å². The van der Waals surface area contributed by atoms with Crippen LogP contribution in [0.15, 0.2) is 34.3 Å². The third kappa shape index (κ3) is 3.46. The maximum absolute atomic E-state index is 12.9. The molecule has 1 heterocycles. The largest absolute Gasteiger partial charge is 0.478 e. The van der Waals surface area contributed by atoms with Gasteiger partial charge in [-0.3, -0.25) is 15.4 Å². The maximum atomic E-state index is 12.9. The number of nitrogens with one attached hydrogen (secondary N) is 2. The van der Waals surface area contributed by atoms with Crippen LogP contribution in [0.2, 0.25) is 0 Å². The second kappa shape index (κ2) is 5.38. The summed E-state index contributed by atoms with van der Waals surface area (Å²) in [5.41, 5.74) is 4.19. The number of allylic oxidation sites excluding steroid dienone is 1. The summed E-state index contributed by atoms with van der Waals surface area (Å²) in [6.07, 6.45) is 3.20. The van der Waals surface area contributed by atoms with Gasteiger partial charge in [0, 0.05) is 6.08 Å². The van der Waals surface area contributed by atoms with E-state index in [0.29, 0.717) is 0 Å².